The number of carbonyl (C=O) groups is 2. The number of ether oxygens (including phenoxy) is 2. The molecule has 7 heteroatoms. The SMILES string of the molecule is C=C(C)CCOC(=O)N1CCc2c(F)ccc(-c3cc(CC(=O)O)ccc3OCC)c2C1. The lowest BCUT2D eigenvalue weighted by atomic mass is 9.89. The van der Waals surface area contributed by atoms with Gasteiger partial charge in [-0.3, -0.25) is 4.79 Å². The van der Waals surface area contributed by atoms with Crippen molar-refractivity contribution in [3.05, 3.63) is 65.0 Å². The molecule has 1 aliphatic rings. The number of nitrogens with zero attached hydrogens (tertiary/aromatic N) is 1. The van der Waals surface area contributed by atoms with Crippen molar-refractivity contribution in [1.82, 2.24) is 4.90 Å². The first-order valence-electron chi connectivity index (χ1n) is 10.6. The zero-order chi connectivity index (χ0) is 23.3. The molecule has 0 saturated heterocycles. The Bertz CT molecular complexity index is 1030. The highest BCUT2D eigenvalue weighted by Gasteiger charge is 2.27. The van der Waals surface area contributed by atoms with Gasteiger partial charge in [0.25, 0.3) is 0 Å². The van der Waals surface area contributed by atoms with Gasteiger partial charge in [0.05, 0.1) is 19.6 Å². The molecule has 2 aromatic rings. The smallest absolute Gasteiger partial charge is 0.410 e. The van der Waals surface area contributed by atoms with Crippen molar-refractivity contribution < 1.29 is 28.6 Å². The van der Waals surface area contributed by atoms with Gasteiger partial charge in [0.2, 0.25) is 0 Å². The number of benzene rings is 2. The molecule has 1 aliphatic heterocycles. The van der Waals surface area contributed by atoms with Crippen LogP contribution in [0.15, 0.2) is 42.5 Å². The Balaban J connectivity index is 1.97. The number of rotatable bonds is 8. The molecule has 0 atom stereocenters. The molecule has 32 heavy (non-hydrogen) atoms. The van der Waals surface area contributed by atoms with Crippen molar-refractivity contribution >= 4 is 12.1 Å². The largest absolute Gasteiger partial charge is 0.493 e. The second-order valence-corrected chi connectivity index (χ2v) is 7.88. The van der Waals surface area contributed by atoms with Gasteiger partial charge >= 0.3 is 12.1 Å². The van der Waals surface area contributed by atoms with Gasteiger partial charge < -0.3 is 19.5 Å². The molecule has 0 aliphatic carbocycles. The number of amides is 1. The van der Waals surface area contributed by atoms with Gasteiger partial charge in [0.15, 0.2) is 0 Å². The highest BCUT2D eigenvalue weighted by Crippen LogP contribution is 2.38. The van der Waals surface area contributed by atoms with E-state index in [1.165, 1.54) is 6.07 Å². The fraction of sp³-hybridized carbons (Fsp3) is 0.360. The van der Waals surface area contributed by atoms with Gasteiger partial charge in [-0.2, -0.15) is 0 Å². The van der Waals surface area contributed by atoms with Crippen molar-refractivity contribution in [2.45, 2.75) is 39.7 Å². The zero-order valence-corrected chi connectivity index (χ0v) is 18.4. The van der Waals surface area contributed by atoms with Gasteiger partial charge in [-0.05, 0) is 60.7 Å². The fourth-order valence-corrected chi connectivity index (χ4v) is 3.80. The molecular weight excluding hydrogens is 413 g/mol. The second-order valence-electron chi connectivity index (χ2n) is 7.88. The first-order valence-corrected chi connectivity index (χ1v) is 10.6. The molecule has 1 heterocycles. The maximum atomic E-state index is 14.6. The summed E-state index contributed by atoms with van der Waals surface area (Å²) in [5, 5.41) is 9.19. The third-order valence-corrected chi connectivity index (χ3v) is 5.36. The van der Waals surface area contributed by atoms with Gasteiger partial charge in [0, 0.05) is 25.1 Å². The van der Waals surface area contributed by atoms with E-state index in [-0.39, 0.29) is 25.4 Å². The topological polar surface area (TPSA) is 76.1 Å². The number of aliphatic carboxylic acids is 1. The van der Waals surface area contributed by atoms with Crippen molar-refractivity contribution in [2.75, 3.05) is 19.8 Å². The third-order valence-electron chi connectivity index (χ3n) is 5.36. The van der Waals surface area contributed by atoms with E-state index in [0.29, 0.717) is 54.0 Å². The van der Waals surface area contributed by atoms with Crippen LogP contribution in [0.25, 0.3) is 11.1 Å². The van der Waals surface area contributed by atoms with Gasteiger partial charge in [-0.15, -0.1) is 6.58 Å². The van der Waals surface area contributed by atoms with E-state index in [4.69, 9.17) is 9.47 Å². The third kappa shape index (κ3) is 5.46. The summed E-state index contributed by atoms with van der Waals surface area (Å²) in [6.07, 6.45) is 0.370. The molecule has 6 nitrogen and oxygen atoms in total. The van der Waals surface area contributed by atoms with Crippen molar-refractivity contribution in [2.24, 2.45) is 0 Å². The van der Waals surface area contributed by atoms with E-state index >= 15 is 0 Å². The van der Waals surface area contributed by atoms with Crippen LogP contribution in [0.4, 0.5) is 9.18 Å². The van der Waals surface area contributed by atoms with Crippen LogP contribution in [0.1, 0.15) is 37.0 Å². The van der Waals surface area contributed by atoms with Crippen LogP contribution in [0.3, 0.4) is 0 Å². The molecule has 0 unspecified atom stereocenters. The van der Waals surface area contributed by atoms with Crippen LogP contribution < -0.4 is 4.74 Å². The maximum absolute atomic E-state index is 14.6. The lowest BCUT2D eigenvalue weighted by molar-refractivity contribution is -0.136. The standard InChI is InChI=1S/C25H28FNO5/c1-4-31-23-8-5-17(14-24(28)29)13-20(23)18-6-7-22(26)19-9-11-27(15-21(18)19)25(30)32-12-10-16(2)3/h5-8,13H,2,4,9-12,14-15H2,1,3H3,(H,28,29). The van der Waals surface area contributed by atoms with Crippen LogP contribution in [-0.4, -0.2) is 41.8 Å². The molecule has 0 spiro atoms. The molecule has 3 rings (SSSR count). The lowest BCUT2D eigenvalue weighted by Crippen LogP contribution is -2.37. The van der Waals surface area contributed by atoms with Crippen LogP contribution >= 0.6 is 0 Å². The minimum Gasteiger partial charge on any atom is -0.493 e. The summed E-state index contributed by atoms with van der Waals surface area (Å²) in [6.45, 7) is 8.76. The first-order chi connectivity index (χ1) is 15.3. The molecule has 0 fully saturated rings. The monoisotopic (exact) mass is 441 g/mol. The minimum atomic E-state index is -0.940. The van der Waals surface area contributed by atoms with E-state index in [9.17, 15) is 19.1 Å². The summed E-state index contributed by atoms with van der Waals surface area (Å²) in [5.41, 5.74) is 4.17. The summed E-state index contributed by atoms with van der Waals surface area (Å²) in [4.78, 5) is 25.3. The predicted molar refractivity (Wildman–Crippen MR) is 119 cm³/mol. The van der Waals surface area contributed by atoms with E-state index in [0.717, 1.165) is 11.1 Å². The normalized spacial score (nSPS) is 12.8. The van der Waals surface area contributed by atoms with Crippen LogP contribution in [-0.2, 0) is 28.9 Å². The molecule has 1 amide bonds. The predicted octanol–water partition coefficient (Wildman–Crippen LogP) is 4.98. The maximum Gasteiger partial charge on any atom is 0.410 e. The molecule has 1 N–H and O–H groups in total. The first kappa shape index (κ1) is 23.3. The summed E-state index contributed by atoms with van der Waals surface area (Å²) in [6, 6.07) is 8.28. The Morgan fingerprint density at radius 1 is 1.19 bits per heavy atom. The summed E-state index contributed by atoms with van der Waals surface area (Å²) in [5.74, 6) is -0.680. The van der Waals surface area contributed by atoms with Crippen molar-refractivity contribution in [3.63, 3.8) is 0 Å². The highest BCUT2D eigenvalue weighted by molar-refractivity contribution is 5.78. The Morgan fingerprint density at radius 3 is 2.66 bits per heavy atom. The van der Waals surface area contributed by atoms with Crippen LogP contribution in [0, 0.1) is 5.82 Å². The van der Waals surface area contributed by atoms with Crippen LogP contribution in [0.5, 0.6) is 5.75 Å². The summed E-state index contributed by atoms with van der Waals surface area (Å²) >= 11 is 0. The fourth-order valence-electron chi connectivity index (χ4n) is 3.80. The van der Waals surface area contributed by atoms with Crippen LogP contribution in [0.2, 0.25) is 0 Å². The van der Waals surface area contributed by atoms with Gasteiger partial charge in [-0.25, -0.2) is 9.18 Å². The molecular formula is C25H28FNO5. The molecule has 2 aromatic carbocycles. The van der Waals surface area contributed by atoms with Gasteiger partial charge in [-0.1, -0.05) is 17.7 Å². The minimum absolute atomic E-state index is 0.135. The second kappa shape index (κ2) is 10.3. The number of hydrogen-bond acceptors (Lipinski definition) is 4. The molecule has 0 saturated carbocycles. The van der Waals surface area contributed by atoms with E-state index in [2.05, 4.69) is 6.58 Å². The Kier molecular flexibility index (Phi) is 7.51. The Morgan fingerprint density at radius 2 is 1.97 bits per heavy atom. The highest BCUT2D eigenvalue weighted by atomic mass is 19.1. The lowest BCUT2D eigenvalue weighted by Gasteiger charge is -2.30. The Labute approximate surface area is 187 Å². The number of fused-ring (bicyclic) bond motifs is 1. The number of hydrogen-bond donors (Lipinski definition) is 1. The van der Waals surface area contributed by atoms with Gasteiger partial charge in [0.1, 0.15) is 11.6 Å². The Hall–Kier alpha value is -3.35. The molecule has 170 valence electrons. The van der Waals surface area contributed by atoms with E-state index in [1.807, 2.05) is 13.8 Å². The summed E-state index contributed by atoms with van der Waals surface area (Å²) in [7, 11) is 0. The zero-order valence-electron chi connectivity index (χ0n) is 18.4. The van der Waals surface area contributed by atoms with Crippen molar-refractivity contribution in [1.29, 1.82) is 0 Å². The number of halogens is 1. The summed E-state index contributed by atoms with van der Waals surface area (Å²) < 4.78 is 25.8. The molecule has 0 aromatic heterocycles. The average Bonchev–Trinajstić information content (AvgIpc) is 2.74. The molecule has 0 radical (unpaired) electrons. The average molecular weight is 441 g/mol. The number of carbonyl (C=O) groups excluding carboxylic acids is 1. The van der Waals surface area contributed by atoms with Crippen molar-refractivity contribution in [3.8, 4) is 16.9 Å². The van der Waals surface area contributed by atoms with E-state index < -0.39 is 12.1 Å². The number of carboxylic acids is 1. The van der Waals surface area contributed by atoms with E-state index in [1.54, 1.807) is 29.2 Å². The quantitative estimate of drug-likeness (QED) is 0.585. The molecule has 0 bridgehead atoms. The number of carboxylic acid groups (broad SMARTS) is 1.